The Balaban J connectivity index is 1.15. The number of hydrogen-bond donors (Lipinski definition) is 2. The van der Waals surface area contributed by atoms with Gasteiger partial charge in [-0.25, -0.2) is 0 Å². The molecule has 38 heavy (non-hydrogen) atoms. The van der Waals surface area contributed by atoms with Crippen molar-refractivity contribution in [2.45, 2.75) is 45.4 Å². The number of methoxy groups -OCH3 is 1. The maximum absolute atomic E-state index is 12.4. The molecule has 2 aromatic carbocycles. The van der Waals surface area contributed by atoms with Crippen molar-refractivity contribution < 1.29 is 14.3 Å². The summed E-state index contributed by atoms with van der Waals surface area (Å²) in [6, 6.07) is 18.9. The highest BCUT2D eigenvalue weighted by Crippen LogP contribution is 2.21. The van der Waals surface area contributed by atoms with E-state index in [1.54, 1.807) is 13.2 Å². The lowest BCUT2D eigenvalue weighted by molar-refractivity contribution is -0.116. The van der Waals surface area contributed by atoms with Crippen molar-refractivity contribution in [3.63, 3.8) is 0 Å². The number of ether oxygens (including phenoxy) is 1. The van der Waals surface area contributed by atoms with Crippen LogP contribution in [0.4, 0.5) is 10.9 Å². The second-order valence-corrected chi connectivity index (χ2v) is 9.92. The first-order chi connectivity index (χ1) is 18.5. The van der Waals surface area contributed by atoms with Crippen molar-refractivity contribution in [1.29, 1.82) is 0 Å². The molecule has 0 spiro atoms. The minimum Gasteiger partial charge on any atom is -0.496 e. The molecule has 2 amide bonds. The summed E-state index contributed by atoms with van der Waals surface area (Å²) in [6.07, 6.45) is 3.92. The van der Waals surface area contributed by atoms with Crippen LogP contribution < -0.4 is 15.4 Å². The summed E-state index contributed by atoms with van der Waals surface area (Å²) in [5, 5.41) is 23.6. The molecule has 10 heteroatoms. The molecular formula is C28H30N6O3S. The average Bonchev–Trinajstić information content (AvgIpc) is 3.35. The highest BCUT2D eigenvalue weighted by Gasteiger charge is 2.11. The van der Waals surface area contributed by atoms with E-state index in [9.17, 15) is 9.59 Å². The smallest absolute Gasteiger partial charge is 0.230 e. The molecule has 0 aliphatic heterocycles. The fraction of sp³-hybridized carbons (Fsp3) is 0.286. The average molecular weight is 531 g/mol. The largest absolute Gasteiger partial charge is 0.496 e. The van der Waals surface area contributed by atoms with Gasteiger partial charge in [-0.3, -0.25) is 9.59 Å². The van der Waals surface area contributed by atoms with E-state index in [1.807, 2.05) is 61.5 Å². The Kier molecular flexibility index (Phi) is 9.47. The van der Waals surface area contributed by atoms with Crippen LogP contribution in [0.3, 0.4) is 0 Å². The molecule has 0 saturated carbocycles. The van der Waals surface area contributed by atoms with E-state index in [4.69, 9.17) is 4.74 Å². The van der Waals surface area contributed by atoms with Crippen molar-refractivity contribution in [2.24, 2.45) is 0 Å². The molecule has 4 aromatic rings. The molecule has 2 aromatic heterocycles. The van der Waals surface area contributed by atoms with E-state index in [1.165, 1.54) is 11.3 Å². The second-order valence-electron chi connectivity index (χ2n) is 8.86. The molecule has 0 radical (unpaired) electrons. The Labute approximate surface area is 225 Å². The van der Waals surface area contributed by atoms with Crippen molar-refractivity contribution >= 4 is 34.1 Å². The molecule has 0 saturated heterocycles. The van der Waals surface area contributed by atoms with Gasteiger partial charge >= 0.3 is 0 Å². The van der Waals surface area contributed by atoms with Gasteiger partial charge in [-0.05, 0) is 61.1 Å². The van der Waals surface area contributed by atoms with Crippen molar-refractivity contribution in [3.05, 3.63) is 88.1 Å². The van der Waals surface area contributed by atoms with E-state index >= 15 is 0 Å². The van der Waals surface area contributed by atoms with Crippen LogP contribution in [0.2, 0.25) is 0 Å². The third-order valence-corrected chi connectivity index (χ3v) is 6.70. The number of carbonyl (C=O) groups excluding carboxylic acids is 2. The van der Waals surface area contributed by atoms with Gasteiger partial charge < -0.3 is 15.4 Å². The number of carbonyl (C=O) groups is 2. The number of unbranched alkanes of at least 4 members (excludes halogenated alkanes) is 1. The molecular weight excluding hydrogens is 500 g/mol. The minimum absolute atomic E-state index is 0.123. The number of nitrogens with one attached hydrogen (secondary N) is 2. The standard InChI is InChI=1S/C28H30N6O3S/c1-19-16-21(12-14-23(19)37-2)18-26(36)30-28-34-33-27(38-28)11-7-6-10-22-13-15-24(32-31-22)29-25(35)17-20-8-4-3-5-9-20/h3-5,8-9,12-16H,6-7,10-11,17-18H2,1-2H3,(H,29,32,35)(H,30,34,36). The lowest BCUT2D eigenvalue weighted by Crippen LogP contribution is -2.15. The van der Waals surface area contributed by atoms with Crippen molar-refractivity contribution in [2.75, 3.05) is 17.7 Å². The molecule has 196 valence electrons. The predicted molar refractivity (Wildman–Crippen MR) is 147 cm³/mol. The lowest BCUT2D eigenvalue weighted by atomic mass is 10.1. The van der Waals surface area contributed by atoms with Gasteiger partial charge in [0.1, 0.15) is 10.8 Å². The zero-order chi connectivity index (χ0) is 26.7. The monoisotopic (exact) mass is 530 g/mol. The maximum Gasteiger partial charge on any atom is 0.230 e. The summed E-state index contributed by atoms with van der Waals surface area (Å²) in [5.41, 5.74) is 3.72. The van der Waals surface area contributed by atoms with Gasteiger partial charge in [-0.1, -0.05) is 53.8 Å². The molecule has 0 aliphatic rings. The van der Waals surface area contributed by atoms with Gasteiger partial charge in [0, 0.05) is 6.42 Å². The van der Waals surface area contributed by atoms with Crippen LogP contribution in [0.15, 0.2) is 60.7 Å². The molecule has 0 fully saturated rings. The molecule has 0 unspecified atom stereocenters. The summed E-state index contributed by atoms with van der Waals surface area (Å²) in [7, 11) is 1.63. The summed E-state index contributed by atoms with van der Waals surface area (Å²) >= 11 is 1.39. The molecule has 0 atom stereocenters. The Morgan fingerprint density at radius 1 is 0.816 bits per heavy atom. The normalized spacial score (nSPS) is 10.7. The van der Waals surface area contributed by atoms with Gasteiger partial charge in [0.05, 0.1) is 25.6 Å². The maximum atomic E-state index is 12.4. The van der Waals surface area contributed by atoms with Crippen LogP contribution in [0.5, 0.6) is 5.75 Å². The number of amides is 2. The molecule has 9 nitrogen and oxygen atoms in total. The minimum atomic E-state index is -0.129. The van der Waals surface area contributed by atoms with E-state index in [0.717, 1.165) is 58.8 Å². The second kappa shape index (κ2) is 13.4. The van der Waals surface area contributed by atoms with Crippen LogP contribution in [0, 0.1) is 6.92 Å². The molecule has 0 bridgehead atoms. The highest BCUT2D eigenvalue weighted by molar-refractivity contribution is 7.15. The topological polar surface area (TPSA) is 119 Å². The summed E-state index contributed by atoms with van der Waals surface area (Å²) in [4.78, 5) is 24.6. The van der Waals surface area contributed by atoms with Crippen molar-refractivity contribution in [1.82, 2.24) is 20.4 Å². The number of rotatable bonds is 12. The van der Waals surface area contributed by atoms with Crippen LogP contribution in [-0.4, -0.2) is 39.3 Å². The lowest BCUT2D eigenvalue weighted by Gasteiger charge is -2.07. The van der Waals surface area contributed by atoms with E-state index in [0.29, 0.717) is 17.4 Å². The van der Waals surface area contributed by atoms with Crippen molar-refractivity contribution in [3.8, 4) is 5.75 Å². The van der Waals surface area contributed by atoms with Crippen LogP contribution >= 0.6 is 11.3 Å². The SMILES string of the molecule is COc1ccc(CC(=O)Nc2nnc(CCCCc3ccc(NC(=O)Cc4ccccc4)nn3)s2)cc1C. The van der Waals surface area contributed by atoms with Gasteiger partial charge in [0.2, 0.25) is 16.9 Å². The third-order valence-electron chi connectivity index (χ3n) is 5.81. The highest BCUT2D eigenvalue weighted by atomic mass is 32.1. The Bertz CT molecular complexity index is 1360. The molecule has 2 heterocycles. The van der Waals surface area contributed by atoms with Gasteiger partial charge in [0.15, 0.2) is 5.82 Å². The van der Waals surface area contributed by atoms with Crippen LogP contribution in [0.1, 0.15) is 40.2 Å². The third kappa shape index (κ3) is 8.17. The first-order valence-corrected chi connectivity index (χ1v) is 13.2. The van der Waals surface area contributed by atoms with E-state index < -0.39 is 0 Å². The number of aryl methyl sites for hydroxylation is 3. The summed E-state index contributed by atoms with van der Waals surface area (Å²) in [5.74, 6) is 0.993. The fourth-order valence-electron chi connectivity index (χ4n) is 3.92. The molecule has 0 aliphatic carbocycles. The van der Waals surface area contributed by atoms with Crippen LogP contribution in [0.25, 0.3) is 0 Å². The number of benzene rings is 2. The zero-order valence-electron chi connectivity index (χ0n) is 21.4. The Morgan fingerprint density at radius 3 is 2.32 bits per heavy atom. The van der Waals surface area contributed by atoms with E-state index in [-0.39, 0.29) is 18.2 Å². The zero-order valence-corrected chi connectivity index (χ0v) is 22.3. The predicted octanol–water partition coefficient (Wildman–Crippen LogP) is 4.57. The quantitative estimate of drug-likeness (QED) is 0.258. The number of aromatic nitrogens is 4. The van der Waals surface area contributed by atoms with E-state index in [2.05, 4.69) is 31.0 Å². The van der Waals surface area contributed by atoms with Gasteiger partial charge in [-0.2, -0.15) is 5.10 Å². The number of hydrogen-bond acceptors (Lipinski definition) is 8. The summed E-state index contributed by atoms with van der Waals surface area (Å²) < 4.78 is 5.27. The Morgan fingerprint density at radius 2 is 1.58 bits per heavy atom. The van der Waals surface area contributed by atoms with Gasteiger partial charge in [0.25, 0.3) is 0 Å². The van der Waals surface area contributed by atoms with Gasteiger partial charge in [-0.15, -0.1) is 15.3 Å². The van der Waals surface area contributed by atoms with Crippen LogP contribution in [-0.2, 0) is 35.3 Å². The number of anilines is 2. The first kappa shape index (κ1) is 26.9. The fourth-order valence-corrected chi connectivity index (χ4v) is 4.71. The molecule has 2 N–H and O–H groups in total. The Hall–Kier alpha value is -4.18. The number of nitrogens with zero attached hydrogens (tertiary/aromatic N) is 4. The first-order valence-electron chi connectivity index (χ1n) is 12.4. The summed E-state index contributed by atoms with van der Waals surface area (Å²) in [6.45, 7) is 1.95. The molecule has 4 rings (SSSR count).